The lowest BCUT2D eigenvalue weighted by Gasteiger charge is -2.31. The first-order valence-electron chi connectivity index (χ1n) is 7.85. The van der Waals surface area contributed by atoms with E-state index in [1.165, 1.54) is 0 Å². The summed E-state index contributed by atoms with van der Waals surface area (Å²) in [7, 11) is 0. The third-order valence-corrected chi connectivity index (χ3v) is 3.82. The van der Waals surface area contributed by atoms with Crippen LogP contribution in [-0.2, 0) is 9.53 Å². The van der Waals surface area contributed by atoms with E-state index in [2.05, 4.69) is 0 Å². The van der Waals surface area contributed by atoms with Crippen molar-refractivity contribution in [3.8, 4) is 5.75 Å². The van der Waals surface area contributed by atoms with E-state index in [0.717, 1.165) is 0 Å². The molecule has 1 aliphatic rings. The molecule has 0 unspecified atom stereocenters. The maximum Gasteiger partial charge on any atom is 0.309 e. The van der Waals surface area contributed by atoms with Crippen molar-refractivity contribution in [2.45, 2.75) is 26.7 Å². The Labute approximate surface area is 131 Å². The number of esters is 1. The van der Waals surface area contributed by atoms with Crippen LogP contribution in [0.5, 0.6) is 5.75 Å². The molecular weight excluding hydrogens is 282 g/mol. The van der Waals surface area contributed by atoms with Gasteiger partial charge in [0.1, 0.15) is 5.75 Å². The molecule has 1 saturated heterocycles. The minimum Gasteiger partial charge on any atom is -0.493 e. The molecule has 5 nitrogen and oxygen atoms in total. The first kappa shape index (κ1) is 16.3. The molecule has 1 heterocycles. The number of piperidine rings is 1. The van der Waals surface area contributed by atoms with Crippen LogP contribution in [0, 0.1) is 5.92 Å². The van der Waals surface area contributed by atoms with Crippen LogP contribution in [0.2, 0.25) is 0 Å². The number of benzene rings is 1. The Morgan fingerprint density at radius 3 is 2.45 bits per heavy atom. The van der Waals surface area contributed by atoms with Crippen LogP contribution >= 0.6 is 0 Å². The van der Waals surface area contributed by atoms with Gasteiger partial charge in [-0.3, -0.25) is 9.59 Å². The lowest BCUT2D eigenvalue weighted by Crippen LogP contribution is -2.40. The summed E-state index contributed by atoms with van der Waals surface area (Å²) in [5, 5.41) is 0. The fraction of sp³-hybridized carbons (Fsp3) is 0.529. The van der Waals surface area contributed by atoms with Crippen molar-refractivity contribution in [1.82, 2.24) is 4.90 Å². The molecule has 0 radical (unpaired) electrons. The highest BCUT2D eigenvalue weighted by Crippen LogP contribution is 2.24. The van der Waals surface area contributed by atoms with Crippen molar-refractivity contribution >= 4 is 11.9 Å². The molecule has 1 aromatic rings. The van der Waals surface area contributed by atoms with Crippen LogP contribution in [0.4, 0.5) is 0 Å². The summed E-state index contributed by atoms with van der Waals surface area (Å²) in [6.45, 7) is 5.77. The third-order valence-electron chi connectivity index (χ3n) is 3.82. The molecule has 0 atom stereocenters. The first-order valence-corrected chi connectivity index (χ1v) is 7.85. The normalized spacial score (nSPS) is 15.5. The number of hydrogen-bond acceptors (Lipinski definition) is 4. The Hall–Kier alpha value is -2.04. The monoisotopic (exact) mass is 305 g/mol. The summed E-state index contributed by atoms with van der Waals surface area (Å²) in [6.07, 6.45) is 1.31. The minimum absolute atomic E-state index is 0.0358. The Morgan fingerprint density at radius 2 is 1.82 bits per heavy atom. The molecule has 0 saturated carbocycles. The van der Waals surface area contributed by atoms with Crippen molar-refractivity contribution < 1.29 is 19.1 Å². The number of para-hydroxylation sites is 1. The molecule has 1 aromatic carbocycles. The fourth-order valence-electron chi connectivity index (χ4n) is 2.67. The molecule has 1 amide bonds. The topological polar surface area (TPSA) is 55.8 Å². The van der Waals surface area contributed by atoms with Gasteiger partial charge in [0.2, 0.25) is 0 Å². The van der Waals surface area contributed by atoms with E-state index >= 15 is 0 Å². The van der Waals surface area contributed by atoms with Crippen molar-refractivity contribution in [1.29, 1.82) is 0 Å². The van der Waals surface area contributed by atoms with E-state index in [1.54, 1.807) is 17.9 Å². The van der Waals surface area contributed by atoms with Crippen LogP contribution in [0.25, 0.3) is 0 Å². The van der Waals surface area contributed by atoms with Gasteiger partial charge in [0, 0.05) is 13.1 Å². The van der Waals surface area contributed by atoms with E-state index in [1.807, 2.05) is 25.1 Å². The highest BCUT2D eigenvalue weighted by atomic mass is 16.5. The molecule has 2 rings (SSSR count). The summed E-state index contributed by atoms with van der Waals surface area (Å²) in [6, 6.07) is 7.28. The molecule has 1 aliphatic heterocycles. The van der Waals surface area contributed by atoms with E-state index < -0.39 is 0 Å². The predicted molar refractivity (Wildman–Crippen MR) is 82.9 cm³/mol. The lowest BCUT2D eigenvalue weighted by molar-refractivity contribution is -0.149. The van der Waals surface area contributed by atoms with Crippen LogP contribution in [0.1, 0.15) is 37.0 Å². The van der Waals surface area contributed by atoms with Gasteiger partial charge < -0.3 is 14.4 Å². The second-order valence-corrected chi connectivity index (χ2v) is 5.25. The van der Waals surface area contributed by atoms with Crippen LogP contribution in [-0.4, -0.2) is 43.1 Å². The van der Waals surface area contributed by atoms with Gasteiger partial charge in [-0.1, -0.05) is 12.1 Å². The quantitative estimate of drug-likeness (QED) is 0.784. The molecule has 0 bridgehead atoms. The Morgan fingerprint density at radius 1 is 1.14 bits per heavy atom. The zero-order chi connectivity index (χ0) is 15.9. The first-order chi connectivity index (χ1) is 10.7. The summed E-state index contributed by atoms with van der Waals surface area (Å²) in [5.41, 5.74) is 0.582. The van der Waals surface area contributed by atoms with Crippen molar-refractivity contribution in [3.63, 3.8) is 0 Å². The van der Waals surface area contributed by atoms with Gasteiger partial charge in [0.25, 0.3) is 5.91 Å². The Balaban J connectivity index is 1.99. The summed E-state index contributed by atoms with van der Waals surface area (Å²) >= 11 is 0. The molecule has 0 aliphatic carbocycles. The van der Waals surface area contributed by atoms with Crippen LogP contribution in [0.15, 0.2) is 24.3 Å². The van der Waals surface area contributed by atoms with Gasteiger partial charge in [-0.05, 0) is 38.8 Å². The number of amides is 1. The maximum atomic E-state index is 12.6. The van der Waals surface area contributed by atoms with Gasteiger partial charge >= 0.3 is 5.97 Å². The number of hydrogen-bond donors (Lipinski definition) is 0. The second kappa shape index (κ2) is 7.82. The van der Waals surface area contributed by atoms with Crippen molar-refractivity contribution in [3.05, 3.63) is 29.8 Å². The minimum atomic E-state index is -0.149. The van der Waals surface area contributed by atoms with Crippen molar-refractivity contribution in [2.75, 3.05) is 26.3 Å². The molecular formula is C17H23NO4. The number of likely N-dealkylation sites (tertiary alicyclic amines) is 1. The number of carbonyl (C=O) groups is 2. The fourth-order valence-corrected chi connectivity index (χ4v) is 2.67. The maximum absolute atomic E-state index is 12.6. The summed E-state index contributed by atoms with van der Waals surface area (Å²) < 4.78 is 10.6. The zero-order valence-corrected chi connectivity index (χ0v) is 13.2. The summed E-state index contributed by atoms with van der Waals surface area (Å²) in [5.74, 6) is 0.337. The molecule has 0 spiro atoms. The van der Waals surface area contributed by atoms with Gasteiger partial charge in [0.05, 0.1) is 24.7 Å². The Bertz CT molecular complexity index is 521. The average molecular weight is 305 g/mol. The molecule has 1 fully saturated rings. The van der Waals surface area contributed by atoms with Gasteiger partial charge in [-0.15, -0.1) is 0 Å². The molecule has 0 N–H and O–H groups in total. The molecule has 5 heteroatoms. The van der Waals surface area contributed by atoms with Gasteiger partial charge in [-0.25, -0.2) is 0 Å². The number of nitrogens with zero attached hydrogens (tertiary/aromatic N) is 1. The number of ether oxygens (including phenoxy) is 2. The van der Waals surface area contributed by atoms with Crippen molar-refractivity contribution in [2.24, 2.45) is 5.92 Å². The average Bonchev–Trinajstić information content (AvgIpc) is 2.55. The largest absolute Gasteiger partial charge is 0.493 e. The van der Waals surface area contributed by atoms with Crippen LogP contribution < -0.4 is 4.74 Å². The Kier molecular flexibility index (Phi) is 5.81. The second-order valence-electron chi connectivity index (χ2n) is 5.25. The highest BCUT2D eigenvalue weighted by Gasteiger charge is 2.29. The molecule has 22 heavy (non-hydrogen) atoms. The number of carbonyl (C=O) groups excluding carboxylic acids is 2. The van der Waals surface area contributed by atoms with Crippen LogP contribution in [0.3, 0.4) is 0 Å². The third kappa shape index (κ3) is 3.78. The SMILES string of the molecule is CCOC(=O)C1CCN(C(=O)c2ccccc2OCC)CC1. The summed E-state index contributed by atoms with van der Waals surface area (Å²) in [4.78, 5) is 26.2. The molecule has 120 valence electrons. The lowest BCUT2D eigenvalue weighted by atomic mass is 9.96. The van der Waals surface area contributed by atoms with Gasteiger partial charge in [-0.2, -0.15) is 0 Å². The van der Waals surface area contributed by atoms with Gasteiger partial charge in [0.15, 0.2) is 0 Å². The smallest absolute Gasteiger partial charge is 0.309 e. The van der Waals surface area contributed by atoms with E-state index in [9.17, 15) is 9.59 Å². The number of rotatable bonds is 5. The highest BCUT2D eigenvalue weighted by molar-refractivity contribution is 5.97. The zero-order valence-electron chi connectivity index (χ0n) is 13.2. The van der Waals surface area contributed by atoms with E-state index in [-0.39, 0.29) is 17.8 Å². The standard InChI is InChI=1S/C17H23NO4/c1-3-21-15-8-6-5-7-14(15)16(19)18-11-9-13(10-12-18)17(20)22-4-2/h5-8,13H,3-4,9-12H2,1-2H3. The molecule has 0 aromatic heterocycles. The van der Waals surface area contributed by atoms with E-state index in [4.69, 9.17) is 9.47 Å². The van der Waals surface area contributed by atoms with E-state index in [0.29, 0.717) is 50.5 Å². The predicted octanol–water partition coefficient (Wildman–Crippen LogP) is 2.50.